The van der Waals surface area contributed by atoms with Crippen molar-refractivity contribution in [2.45, 2.75) is 37.9 Å². The van der Waals surface area contributed by atoms with Crippen molar-refractivity contribution >= 4 is 22.7 Å². The highest BCUT2D eigenvalue weighted by molar-refractivity contribution is 5.95. The van der Waals surface area contributed by atoms with E-state index in [0.29, 0.717) is 50.3 Å². The van der Waals surface area contributed by atoms with E-state index in [2.05, 4.69) is 10.3 Å². The molecule has 2 aliphatic rings. The molecule has 8 heteroatoms. The fourth-order valence-corrected chi connectivity index (χ4v) is 5.22. The normalized spacial score (nSPS) is 22.6. The summed E-state index contributed by atoms with van der Waals surface area (Å²) in [6.45, 7) is 1.18. The number of aromatic nitrogens is 1. The monoisotopic (exact) mass is 489 g/mol. The van der Waals surface area contributed by atoms with Crippen LogP contribution in [0.15, 0.2) is 60.7 Å². The molecule has 2 aliphatic heterocycles. The zero-order valence-electron chi connectivity index (χ0n) is 20.1. The average Bonchev–Trinajstić information content (AvgIpc) is 2.90. The number of rotatable bonds is 1. The Bertz CT molecular complexity index is 1250. The SMILES string of the molecule is O=C1COc2ccccc2C[C@H](O)[C@H](O)CC2(CCN(C(=O)c3ccc4ccccc4n3)CC2)CN1. The molecule has 1 aromatic heterocycles. The number of piperidine rings is 1. The summed E-state index contributed by atoms with van der Waals surface area (Å²) in [6.07, 6.45) is -0.204. The van der Waals surface area contributed by atoms with Gasteiger partial charge in [0.05, 0.1) is 17.7 Å². The number of para-hydroxylation sites is 2. The molecular weight excluding hydrogens is 458 g/mol. The van der Waals surface area contributed by atoms with Crippen molar-refractivity contribution in [3.8, 4) is 5.75 Å². The number of carbonyl (C=O) groups is 2. The van der Waals surface area contributed by atoms with E-state index in [0.717, 1.165) is 16.5 Å². The van der Waals surface area contributed by atoms with E-state index in [4.69, 9.17) is 4.74 Å². The molecule has 3 aromatic rings. The van der Waals surface area contributed by atoms with Crippen molar-refractivity contribution in [1.82, 2.24) is 15.2 Å². The Balaban J connectivity index is 1.30. The highest BCUT2D eigenvalue weighted by atomic mass is 16.5. The Hall–Kier alpha value is -3.49. The Kier molecular flexibility index (Phi) is 6.89. The first kappa shape index (κ1) is 24.2. The van der Waals surface area contributed by atoms with Crippen molar-refractivity contribution < 1.29 is 24.5 Å². The lowest BCUT2D eigenvalue weighted by atomic mass is 9.73. The number of aliphatic hydroxyl groups excluding tert-OH is 2. The van der Waals surface area contributed by atoms with Gasteiger partial charge in [0, 0.05) is 31.4 Å². The molecule has 0 unspecified atom stereocenters. The Labute approximate surface area is 209 Å². The minimum atomic E-state index is -0.973. The van der Waals surface area contributed by atoms with Crippen LogP contribution in [0.2, 0.25) is 0 Å². The highest BCUT2D eigenvalue weighted by Crippen LogP contribution is 2.37. The quantitative estimate of drug-likeness (QED) is 0.484. The minimum absolute atomic E-state index is 0.121. The summed E-state index contributed by atoms with van der Waals surface area (Å²) >= 11 is 0. The van der Waals surface area contributed by atoms with Crippen LogP contribution in [0.1, 0.15) is 35.3 Å². The minimum Gasteiger partial charge on any atom is -0.483 e. The Morgan fingerprint density at radius 2 is 1.75 bits per heavy atom. The summed E-state index contributed by atoms with van der Waals surface area (Å²) in [6, 6.07) is 18.6. The van der Waals surface area contributed by atoms with Gasteiger partial charge in [-0.3, -0.25) is 9.59 Å². The van der Waals surface area contributed by atoms with E-state index in [1.54, 1.807) is 17.0 Å². The molecule has 188 valence electrons. The molecule has 0 aliphatic carbocycles. The van der Waals surface area contributed by atoms with Crippen LogP contribution in [0.5, 0.6) is 5.75 Å². The van der Waals surface area contributed by atoms with Crippen LogP contribution < -0.4 is 10.1 Å². The lowest BCUT2D eigenvalue weighted by molar-refractivity contribution is -0.124. The van der Waals surface area contributed by atoms with Gasteiger partial charge in [-0.25, -0.2) is 4.98 Å². The second-order valence-electron chi connectivity index (χ2n) is 9.90. The van der Waals surface area contributed by atoms with Crippen LogP contribution in [0, 0.1) is 5.41 Å². The first-order valence-electron chi connectivity index (χ1n) is 12.4. The second kappa shape index (κ2) is 10.2. The topological polar surface area (TPSA) is 112 Å². The molecule has 1 saturated heterocycles. The van der Waals surface area contributed by atoms with Gasteiger partial charge in [0.25, 0.3) is 11.8 Å². The summed E-state index contributed by atoms with van der Waals surface area (Å²) in [4.78, 5) is 32.0. The van der Waals surface area contributed by atoms with E-state index in [-0.39, 0.29) is 24.8 Å². The first-order valence-corrected chi connectivity index (χ1v) is 12.4. The van der Waals surface area contributed by atoms with E-state index in [9.17, 15) is 19.8 Å². The standard InChI is InChI=1S/C28H31N3O5/c32-23-15-20-6-2-4-8-25(20)36-17-26(34)29-18-28(16-24(23)33)11-13-31(14-12-28)27(35)22-10-9-19-5-1-3-7-21(19)30-22/h1-10,23-24,32-33H,11-18H2,(H,29,34)/t23-,24+/m0/s1. The van der Waals surface area contributed by atoms with Crippen molar-refractivity contribution in [1.29, 1.82) is 0 Å². The highest BCUT2D eigenvalue weighted by Gasteiger charge is 2.40. The maximum absolute atomic E-state index is 13.2. The molecular formula is C28H31N3O5. The van der Waals surface area contributed by atoms with Crippen LogP contribution in [0.4, 0.5) is 0 Å². The zero-order chi connectivity index (χ0) is 25.1. The van der Waals surface area contributed by atoms with Gasteiger partial charge in [0.2, 0.25) is 0 Å². The van der Waals surface area contributed by atoms with Gasteiger partial charge in [-0.15, -0.1) is 0 Å². The number of amides is 2. The van der Waals surface area contributed by atoms with E-state index in [1.165, 1.54) is 0 Å². The van der Waals surface area contributed by atoms with Gasteiger partial charge in [0.15, 0.2) is 6.61 Å². The molecule has 3 heterocycles. The van der Waals surface area contributed by atoms with Crippen LogP contribution in [-0.2, 0) is 11.2 Å². The fraction of sp³-hybridized carbons (Fsp3) is 0.393. The van der Waals surface area contributed by atoms with Crippen molar-refractivity contribution in [2.24, 2.45) is 5.41 Å². The third kappa shape index (κ3) is 5.20. The maximum atomic E-state index is 13.2. The molecule has 0 radical (unpaired) electrons. The summed E-state index contributed by atoms with van der Waals surface area (Å²) in [5.74, 6) is 0.167. The molecule has 1 spiro atoms. The van der Waals surface area contributed by atoms with Gasteiger partial charge in [0.1, 0.15) is 11.4 Å². The van der Waals surface area contributed by atoms with Crippen LogP contribution in [0.25, 0.3) is 10.9 Å². The number of pyridine rings is 1. The van der Waals surface area contributed by atoms with Crippen LogP contribution in [-0.4, -0.2) is 70.4 Å². The summed E-state index contributed by atoms with van der Waals surface area (Å²) < 4.78 is 5.70. The number of hydrogen-bond acceptors (Lipinski definition) is 6. The van der Waals surface area contributed by atoms with Crippen molar-refractivity contribution in [2.75, 3.05) is 26.2 Å². The van der Waals surface area contributed by atoms with Gasteiger partial charge in [-0.05, 0) is 48.4 Å². The van der Waals surface area contributed by atoms with E-state index in [1.807, 2.05) is 48.5 Å². The summed E-state index contributed by atoms with van der Waals surface area (Å²) in [5.41, 5.74) is 1.49. The number of ether oxygens (including phenoxy) is 1. The molecule has 5 rings (SSSR count). The predicted molar refractivity (Wildman–Crippen MR) is 135 cm³/mol. The van der Waals surface area contributed by atoms with Gasteiger partial charge < -0.3 is 25.2 Å². The predicted octanol–water partition coefficient (Wildman–Crippen LogP) is 2.32. The number of carbonyl (C=O) groups excluding carboxylic acids is 2. The summed E-state index contributed by atoms with van der Waals surface area (Å²) in [7, 11) is 0. The summed E-state index contributed by atoms with van der Waals surface area (Å²) in [5, 5.41) is 25.6. The average molecular weight is 490 g/mol. The lowest BCUT2D eigenvalue weighted by Crippen LogP contribution is -2.51. The van der Waals surface area contributed by atoms with Gasteiger partial charge >= 0.3 is 0 Å². The zero-order valence-corrected chi connectivity index (χ0v) is 20.1. The smallest absolute Gasteiger partial charge is 0.272 e. The fourth-order valence-electron chi connectivity index (χ4n) is 5.22. The third-order valence-corrected chi connectivity index (χ3v) is 7.44. The van der Waals surface area contributed by atoms with Crippen LogP contribution >= 0.6 is 0 Å². The molecule has 2 atom stereocenters. The Morgan fingerprint density at radius 3 is 2.58 bits per heavy atom. The number of likely N-dealkylation sites (tertiary alicyclic amines) is 1. The number of fused-ring (bicyclic) bond motifs is 2. The molecule has 0 bridgehead atoms. The molecule has 2 amide bonds. The van der Waals surface area contributed by atoms with Crippen molar-refractivity contribution in [3.05, 3.63) is 71.9 Å². The third-order valence-electron chi connectivity index (χ3n) is 7.44. The molecule has 2 aromatic carbocycles. The molecule has 1 fully saturated rings. The molecule has 3 N–H and O–H groups in total. The maximum Gasteiger partial charge on any atom is 0.272 e. The number of hydrogen-bond donors (Lipinski definition) is 3. The number of benzene rings is 2. The molecule has 36 heavy (non-hydrogen) atoms. The van der Waals surface area contributed by atoms with Gasteiger partial charge in [-0.2, -0.15) is 0 Å². The lowest BCUT2D eigenvalue weighted by Gasteiger charge is -2.43. The van der Waals surface area contributed by atoms with Crippen molar-refractivity contribution in [3.63, 3.8) is 0 Å². The molecule has 8 nitrogen and oxygen atoms in total. The number of nitrogens with one attached hydrogen (secondary N) is 1. The van der Waals surface area contributed by atoms with Crippen LogP contribution in [0.3, 0.4) is 0 Å². The largest absolute Gasteiger partial charge is 0.483 e. The number of nitrogens with zero attached hydrogens (tertiary/aromatic N) is 2. The Morgan fingerprint density at radius 1 is 1.00 bits per heavy atom. The molecule has 0 saturated carbocycles. The van der Waals surface area contributed by atoms with E-state index >= 15 is 0 Å². The second-order valence-corrected chi connectivity index (χ2v) is 9.90. The first-order chi connectivity index (χ1) is 17.4. The number of aliphatic hydroxyl groups is 2. The van der Waals surface area contributed by atoms with E-state index < -0.39 is 17.6 Å². The van der Waals surface area contributed by atoms with Gasteiger partial charge in [-0.1, -0.05) is 42.5 Å².